The van der Waals surface area contributed by atoms with Gasteiger partial charge in [0.25, 0.3) is 0 Å². The molecule has 1 aliphatic heterocycles. The molecule has 1 saturated heterocycles. The van der Waals surface area contributed by atoms with E-state index in [1.54, 1.807) is 0 Å². The highest BCUT2D eigenvalue weighted by molar-refractivity contribution is 5.76. The summed E-state index contributed by atoms with van der Waals surface area (Å²) < 4.78 is 47.5. The second kappa shape index (κ2) is 7.32. The highest BCUT2D eigenvalue weighted by Gasteiger charge is 2.27. The Balaban J connectivity index is 1.72. The van der Waals surface area contributed by atoms with Gasteiger partial charge in [-0.3, -0.25) is 0 Å². The third kappa shape index (κ3) is 3.57. The summed E-state index contributed by atoms with van der Waals surface area (Å²) in [5, 5.41) is 0. The molecule has 1 aliphatic rings. The highest BCUT2D eigenvalue weighted by Crippen LogP contribution is 2.31. The molecule has 0 spiro atoms. The van der Waals surface area contributed by atoms with Crippen molar-refractivity contribution in [2.24, 2.45) is 0 Å². The Labute approximate surface area is 155 Å². The Morgan fingerprint density at radius 1 is 1.11 bits per heavy atom. The topological polar surface area (TPSA) is 41.1 Å². The molecule has 0 saturated carbocycles. The van der Waals surface area contributed by atoms with Crippen LogP contribution in [0.2, 0.25) is 0 Å². The number of halogens is 3. The van der Waals surface area contributed by atoms with Gasteiger partial charge < -0.3 is 14.6 Å². The van der Waals surface area contributed by atoms with Gasteiger partial charge in [0.2, 0.25) is 0 Å². The zero-order valence-corrected chi connectivity index (χ0v) is 14.9. The fraction of sp³-hybridized carbons (Fsp3) is 0.350. The number of hydrogen-bond acceptors (Lipinski definition) is 3. The summed E-state index contributed by atoms with van der Waals surface area (Å²) in [4.78, 5) is 9.34. The van der Waals surface area contributed by atoms with Crippen molar-refractivity contribution in [3.05, 3.63) is 65.2 Å². The molecule has 2 aromatic carbocycles. The molecule has 0 amide bonds. The van der Waals surface area contributed by atoms with Gasteiger partial charge in [0.1, 0.15) is 17.4 Å². The van der Waals surface area contributed by atoms with E-state index in [9.17, 15) is 13.2 Å². The first kappa shape index (κ1) is 18.0. The van der Waals surface area contributed by atoms with Gasteiger partial charge in [0.05, 0.1) is 11.6 Å². The van der Waals surface area contributed by atoms with Crippen LogP contribution in [0.3, 0.4) is 0 Å². The predicted octanol–water partition coefficient (Wildman–Crippen LogP) is 4.18. The highest BCUT2D eigenvalue weighted by atomic mass is 19.2. The minimum atomic E-state index is -1.52. The third-order valence-corrected chi connectivity index (χ3v) is 4.98. The molecule has 7 heteroatoms. The number of hydrogen-bond donors (Lipinski definition) is 1. The number of imidazole rings is 1. The first-order chi connectivity index (χ1) is 13.0. The van der Waals surface area contributed by atoms with Crippen LogP contribution in [0.25, 0.3) is 11.0 Å². The summed E-state index contributed by atoms with van der Waals surface area (Å²) >= 11 is 0. The van der Waals surface area contributed by atoms with Crippen molar-refractivity contribution in [1.82, 2.24) is 14.9 Å². The Kier molecular flexibility index (Phi) is 4.88. The number of ether oxygens (including phenoxy) is 1. The first-order valence-corrected chi connectivity index (χ1v) is 8.95. The van der Waals surface area contributed by atoms with Gasteiger partial charge in [0.15, 0.2) is 17.5 Å². The Morgan fingerprint density at radius 2 is 1.81 bits per heavy atom. The number of rotatable bonds is 4. The summed E-state index contributed by atoms with van der Waals surface area (Å²) in [5.74, 6) is -3.73. The lowest BCUT2D eigenvalue weighted by atomic mass is 10.1. The summed E-state index contributed by atoms with van der Waals surface area (Å²) in [6.45, 7) is 1.86. The number of likely N-dealkylation sites (tertiary alicyclic amines) is 1. The molecule has 2 heterocycles. The van der Waals surface area contributed by atoms with Crippen LogP contribution in [0.5, 0.6) is 0 Å². The average molecular weight is 375 g/mol. The zero-order valence-electron chi connectivity index (χ0n) is 14.9. The number of fused-ring (bicyclic) bond motifs is 1. The quantitative estimate of drug-likeness (QED) is 0.696. The minimum Gasteiger partial charge on any atom is -0.362 e. The maximum Gasteiger partial charge on any atom is 0.196 e. The molecular weight excluding hydrogens is 355 g/mol. The van der Waals surface area contributed by atoms with E-state index in [0.29, 0.717) is 5.82 Å². The van der Waals surface area contributed by atoms with E-state index < -0.39 is 23.6 Å². The van der Waals surface area contributed by atoms with Gasteiger partial charge in [-0.25, -0.2) is 18.2 Å². The van der Waals surface area contributed by atoms with Crippen molar-refractivity contribution in [3.63, 3.8) is 0 Å². The third-order valence-electron chi connectivity index (χ3n) is 4.98. The fourth-order valence-electron chi connectivity index (χ4n) is 3.44. The van der Waals surface area contributed by atoms with E-state index in [0.717, 1.165) is 37.6 Å². The SMILES string of the molecule is CN1CCC(OC(c2ccccc2)c2nc3c(F)c(F)c(F)cc3[nH]2)CC1. The largest absolute Gasteiger partial charge is 0.362 e. The molecule has 1 N–H and O–H groups in total. The maximum atomic E-state index is 14.1. The van der Waals surface area contributed by atoms with Crippen LogP contribution in [-0.4, -0.2) is 41.1 Å². The fourth-order valence-corrected chi connectivity index (χ4v) is 3.44. The van der Waals surface area contributed by atoms with Crippen LogP contribution < -0.4 is 0 Å². The second-order valence-electron chi connectivity index (χ2n) is 6.93. The second-order valence-corrected chi connectivity index (χ2v) is 6.93. The molecule has 1 unspecified atom stereocenters. The summed E-state index contributed by atoms with van der Waals surface area (Å²) in [7, 11) is 2.07. The summed E-state index contributed by atoms with van der Waals surface area (Å²) in [5.41, 5.74) is 0.725. The van der Waals surface area contributed by atoms with E-state index in [1.165, 1.54) is 0 Å². The summed E-state index contributed by atoms with van der Waals surface area (Å²) in [6.07, 6.45) is 1.20. The number of piperidine rings is 1. The van der Waals surface area contributed by atoms with E-state index in [1.807, 2.05) is 30.3 Å². The van der Waals surface area contributed by atoms with Crippen molar-refractivity contribution >= 4 is 11.0 Å². The van der Waals surface area contributed by atoms with Gasteiger partial charge in [-0.05, 0) is 25.5 Å². The van der Waals surface area contributed by atoms with E-state index in [2.05, 4.69) is 21.9 Å². The molecule has 1 atom stereocenters. The monoisotopic (exact) mass is 375 g/mol. The Morgan fingerprint density at radius 3 is 2.52 bits per heavy atom. The lowest BCUT2D eigenvalue weighted by Gasteiger charge is -2.31. The van der Waals surface area contributed by atoms with Crippen molar-refractivity contribution < 1.29 is 17.9 Å². The molecule has 0 aliphatic carbocycles. The van der Waals surface area contributed by atoms with Gasteiger partial charge >= 0.3 is 0 Å². The molecule has 4 nitrogen and oxygen atoms in total. The number of H-pyrrole nitrogens is 1. The van der Waals surface area contributed by atoms with Crippen LogP contribution >= 0.6 is 0 Å². The lowest BCUT2D eigenvalue weighted by Crippen LogP contribution is -2.35. The number of benzene rings is 2. The first-order valence-electron chi connectivity index (χ1n) is 8.95. The van der Waals surface area contributed by atoms with Crippen LogP contribution in [0.15, 0.2) is 36.4 Å². The minimum absolute atomic E-state index is 0.0259. The standard InChI is InChI=1S/C20H20F3N3O/c1-26-9-7-13(8-10-26)27-19(12-5-3-2-4-6-12)20-24-15-11-14(21)16(22)17(23)18(15)25-20/h2-6,11,13,19H,7-10H2,1H3,(H,24,25). The van der Waals surface area contributed by atoms with Crippen LogP contribution in [-0.2, 0) is 4.74 Å². The molecule has 27 heavy (non-hydrogen) atoms. The number of aromatic amines is 1. The number of nitrogens with one attached hydrogen (secondary N) is 1. The molecule has 0 bridgehead atoms. The van der Waals surface area contributed by atoms with E-state index in [4.69, 9.17) is 4.74 Å². The van der Waals surface area contributed by atoms with E-state index in [-0.39, 0.29) is 17.1 Å². The normalized spacial score (nSPS) is 17.5. The van der Waals surface area contributed by atoms with Gasteiger partial charge in [-0.15, -0.1) is 0 Å². The van der Waals surface area contributed by atoms with Crippen molar-refractivity contribution in [3.8, 4) is 0 Å². The van der Waals surface area contributed by atoms with E-state index >= 15 is 0 Å². The number of aromatic nitrogens is 2. The van der Waals surface area contributed by atoms with Gasteiger partial charge in [-0.1, -0.05) is 30.3 Å². The van der Waals surface area contributed by atoms with Crippen LogP contribution in [0.4, 0.5) is 13.2 Å². The van der Waals surface area contributed by atoms with Crippen molar-refractivity contribution in [2.45, 2.75) is 25.0 Å². The smallest absolute Gasteiger partial charge is 0.196 e. The van der Waals surface area contributed by atoms with Crippen LogP contribution in [0, 0.1) is 17.5 Å². The molecule has 1 fully saturated rings. The average Bonchev–Trinajstić information content (AvgIpc) is 3.10. The molecule has 0 radical (unpaired) electrons. The van der Waals surface area contributed by atoms with Crippen molar-refractivity contribution in [2.75, 3.05) is 20.1 Å². The maximum absolute atomic E-state index is 14.1. The van der Waals surface area contributed by atoms with Gasteiger partial charge in [-0.2, -0.15) is 0 Å². The zero-order chi connectivity index (χ0) is 19.0. The molecule has 142 valence electrons. The molecule has 4 rings (SSSR count). The van der Waals surface area contributed by atoms with Crippen molar-refractivity contribution in [1.29, 1.82) is 0 Å². The summed E-state index contributed by atoms with van der Waals surface area (Å²) in [6, 6.07) is 10.3. The molecular formula is C20H20F3N3O. The van der Waals surface area contributed by atoms with Gasteiger partial charge in [0, 0.05) is 19.2 Å². The lowest BCUT2D eigenvalue weighted by molar-refractivity contribution is -0.0264. The Bertz CT molecular complexity index is 937. The predicted molar refractivity (Wildman–Crippen MR) is 95.9 cm³/mol. The number of nitrogens with zero attached hydrogens (tertiary/aromatic N) is 2. The Hall–Kier alpha value is -2.38. The molecule has 1 aromatic heterocycles. The molecule has 3 aromatic rings. The van der Waals surface area contributed by atoms with Crippen LogP contribution in [0.1, 0.15) is 30.3 Å².